The minimum absolute atomic E-state index is 0.652. The van der Waals surface area contributed by atoms with Crippen LogP contribution in [-0.4, -0.2) is 15.3 Å². The molecule has 1 aromatic rings. The van der Waals surface area contributed by atoms with Crippen molar-refractivity contribution in [3.8, 4) is 0 Å². The molecule has 1 aromatic carbocycles. The van der Waals surface area contributed by atoms with Crippen molar-refractivity contribution < 1.29 is 0 Å². The van der Waals surface area contributed by atoms with Crippen LogP contribution in [0.3, 0.4) is 0 Å². The molecule has 0 atom stereocenters. The minimum atomic E-state index is -0.652. The molecule has 0 radical (unpaired) electrons. The van der Waals surface area contributed by atoms with Crippen LogP contribution in [-0.2, 0) is 6.42 Å². The summed E-state index contributed by atoms with van der Waals surface area (Å²) in [6, 6.07) is 8.81. The standard InChI is InChI=1S/C11H19NSi/c1-13(2)11-8-4-3-6-10(11)7-5-9-12/h3-4,6,8,13H,5,7,9,12H2,1-2H3. The topological polar surface area (TPSA) is 26.0 Å². The van der Waals surface area contributed by atoms with Crippen LogP contribution in [0.1, 0.15) is 12.0 Å². The predicted molar refractivity (Wildman–Crippen MR) is 62.3 cm³/mol. The molecule has 72 valence electrons. The Morgan fingerprint density at radius 3 is 2.54 bits per heavy atom. The Balaban J connectivity index is 2.78. The normalized spacial score (nSPS) is 10.8. The average Bonchev–Trinajstić information content (AvgIpc) is 2.15. The molecule has 13 heavy (non-hydrogen) atoms. The van der Waals surface area contributed by atoms with Gasteiger partial charge in [-0.05, 0) is 24.9 Å². The van der Waals surface area contributed by atoms with E-state index in [2.05, 4.69) is 37.4 Å². The van der Waals surface area contributed by atoms with Crippen molar-refractivity contribution in [2.45, 2.75) is 25.9 Å². The van der Waals surface area contributed by atoms with Crippen molar-refractivity contribution in [1.82, 2.24) is 0 Å². The highest BCUT2D eigenvalue weighted by atomic mass is 28.3. The third-order valence-electron chi connectivity index (χ3n) is 2.33. The van der Waals surface area contributed by atoms with Gasteiger partial charge in [-0.25, -0.2) is 0 Å². The fourth-order valence-corrected chi connectivity index (χ4v) is 3.10. The smallest absolute Gasteiger partial charge is 0.0650 e. The Bertz CT molecular complexity index is 258. The van der Waals surface area contributed by atoms with Gasteiger partial charge in [-0.1, -0.05) is 42.5 Å². The number of rotatable bonds is 4. The van der Waals surface area contributed by atoms with Crippen LogP contribution in [0.15, 0.2) is 24.3 Å². The van der Waals surface area contributed by atoms with E-state index in [1.807, 2.05) is 0 Å². The zero-order chi connectivity index (χ0) is 9.68. The summed E-state index contributed by atoms with van der Waals surface area (Å²) in [5.74, 6) is 0. The molecule has 0 amide bonds. The number of hydrogen-bond donors (Lipinski definition) is 1. The Hall–Kier alpha value is -0.603. The maximum absolute atomic E-state index is 5.51. The van der Waals surface area contributed by atoms with Gasteiger partial charge in [0, 0.05) is 0 Å². The van der Waals surface area contributed by atoms with Crippen LogP contribution in [0, 0.1) is 0 Å². The second-order valence-electron chi connectivity index (χ2n) is 3.75. The molecule has 0 unspecified atom stereocenters. The van der Waals surface area contributed by atoms with E-state index in [1.54, 1.807) is 5.19 Å². The van der Waals surface area contributed by atoms with E-state index in [4.69, 9.17) is 5.73 Å². The maximum atomic E-state index is 5.51. The highest BCUT2D eigenvalue weighted by molar-refractivity contribution is 6.71. The molecule has 0 saturated carbocycles. The van der Waals surface area contributed by atoms with E-state index in [9.17, 15) is 0 Å². The van der Waals surface area contributed by atoms with E-state index in [1.165, 1.54) is 5.56 Å². The summed E-state index contributed by atoms with van der Waals surface area (Å²) in [5, 5.41) is 1.61. The van der Waals surface area contributed by atoms with Gasteiger partial charge in [0.05, 0.1) is 8.80 Å². The first-order chi connectivity index (χ1) is 6.25. The SMILES string of the molecule is C[SiH](C)c1ccccc1CCCN. The van der Waals surface area contributed by atoms with Crippen LogP contribution in [0.4, 0.5) is 0 Å². The van der Waals surface area contributed by atoms with Crippen LogP contribution in [0.2, 0.25) is 13.1 Å². The number of hydrogen-bond acceptors (Lipinski definition) is 1. The first kappa shape index (κ1) is 10.5. The molecule has 2 heteroatoms. The second kappa shape index (κ2) is 5.20. The monoisotopic (exact) mass is 193 g/mol. The quantitative estimate of drug-likeness (QED) is 0.716. The van der Waals surface area contributed by atoms with E-state index < -0.39 is 8.80 Å². The molecule has 0 aliphatic heterocycles. The molecule has 0 aliphatic carbocycles. The molecule has 0 aliphatic rings. The maximum Gasteiger partial charge on any atom is 0.0650 e. The summed E-state index contributed by atoms with van der Waals surface area (Å²) in [4.78, 5) is 0. The van der Waals surface area contributed by atoms with E-state index in [-0.39, 0.29) is 0 Å². The van der Waals surface area contributed by atoms with Crippen LogP contribution in [0.25, 0.3) is 0 Å². The second-order valence-corrected chi connectivity index (χ2v) is 6.68. The number of nitrogens with two attached hydrogens (primary N) is 1. The van der Waals surface area contributed by atoms with E-state index in [0.717, 1.165) is 19.4 Å². The van der Waals surface area contributed by atoms with E-state index >= 15 is 0 Å². The van der Waals surface area contributed by atoms with Crippen LogP contribution in [0.5, 0.6) is 0 Å². The summed E-state index contributed by atoms with van der Waals surface area (Å²) in [7, 11) is -0.652. The van der Waals surface area contributed by atoms with Gasteiger partial charge in [-0.3, -0.25) is 0 Å². The largest absolute Gasteiger partial charge is 0.330 e. The minimum Gasteiger partial charge on any atom is -0.330 e. The van der Waals surface area contributed by atoms with Gasteiger partial charge < -0.3 is 5.73 Å². The fraction of sp³-hybridized carbons (Fsp3) is 0.455. The van der Waals surface area contributed by atoms with Crippen molar-refractivity contribution in [3.63, 3.8) is 0 Å². The highest BCUT2D eigenvalue weighted by Crippen LogP contribution is 2.01. The van der Waals surface area contributed by atoms with Gasteiger partial charge in [-0.2, -0.15) is 0 Å². The van der Waals surface area contributed by atoms with Gasteiger partial charge >= 0.3 is 0 Å². The number of benzene rings is 1. The summed E-state index contributed by atoms with van der Waals surface area (Å²) in [6.45, 7) is 5.55. The van der Waals surface area contributed by atoms with Gasteiger partial charge in [0.1, 0.15) is 0 Å². The predicted octanol–water partition coefficient (Wildman–Crippen LogP) is 1.27. The van der Waals surface area contributed by atoms with Crippen molar-refractivity contribution in [1.29, 1.82) is 0 Å². The molecule has 0 bridgehead atoms. The number of aryl methyl sites for hydroxylation is 1. The Labute approximate surface area is 82.6 Å². The van der Waals surface area contributed by atoms with Crippen LogP contribution >= 0.6 is 0 Å². The first-order valence-electron chi connectivity index (χ1n) is 5.03. The Morgan fingerprint density at radius 1 is 1.23 bits per heavy atom. The van der Waals surface area contributed by atoms with Gasteiger partial charge in [0.25, 0.3) is 0 Å². The Kier molecular flexibility index (Phi) is 4.19. The van der Waals surface area contributed by atoms with Gasteiger partial charge in [-0.15, -0.1) is 0 Å². The lowest BCUT2D eigenvalue weighted by atomic mass is 10.1. The molecule has 0 aromatic heterocycles. The summed E-state index contributed by atoms with van der Waals surface area (Å²) >= 11 is 0. The summed E-state index contributed by atoms with van der Waals surface area (Å²) < 4.78 is 0. The van der Waals surface area contributed by atoms with Crippen molar-refractivity contribution in [3.05, 3.63) is 29.8 Å². The van der Waals surface area contributed by atoms with Crippen LogP contribution < -0.4 is 10.9 Å². The lowest BCUT2D eigenvalue weighted by Gasteiger charge is -2.10. The zero-order valence-electron chi connectivity index (χ0n) is 8.59. The Morgan fingerprint density at radius 2 is 1.92 bits per heavy atom. The van der Waals surface area contributed by atoms with Crippen molar-refractivity contribution in [2.24, 2.45) is 5.73 Å². The van der Waals surface area contributed by atoms with Crippen molar-refractivity contribution in [2.75, 3.05) is 6.54 Å². The molecule has 0 spiro atoms. The average molecular weight is 193 g/mol. The first-order valence-corrected chi connectivity index (χ1v) is 7.92. The zero-order valence-corrected chi connectivity index (χ0v) is 9.74. The molecule has 0 heterocycles. The lowest BCUT2D eigenvalue weighted by molar-refractivity contribution is 0.835. The lowest BCUT2D eigenvalue weighted by Crippen LogP contribution is -2.26. The molecule has 0 saturated heterocycles. The summed E-state index contributed by atoms with van der Waals surface area (Å²) in [5.41, 5.74) is 7.04. The van der Waals surface area contributed by atoms with E-state index in [0.29, 0.717) is 0 Å². The molecule has 1 nitrogen and oxygen atoms in total. The van der Waals surface area contributed by atoms with Gasteiger partial charge in [0.2, 0.25) is 0 Å². The molecule has 1 rings (SSSR count). The molecular weight excluding hydrogens is 174 g/mol. The van der Waals surface area contributed by atoms with Gasteiger partial charge in [0.15, 0.2) is 0 Å². The third-order valence-corrected chi connectivity index (χ3v) is 4.13. The third kappa shape index (κ3) is 2.97. The highest BCUT2D eigenvalue weighted by Gasteiger charge is 2.05. The van der Waals surface area contributed by atoms with Crippen molar-refractivity contribution >= 4 is 14.0 Å². The fourth-order valence-electron chi connectivity index (χ4n) is 1.62. The molecule has 2 N–H and O–H groups in total. The molecule has 0 fully saturated rings. The summed E-state index contributed by atoms with van der Waals surface area (Å²) in [6.07, 6.45) is 2.26. The molecular formula is C11H19NSi.